The van der Waals surface area contributed by atoms with E-state index in [2.05, 4.69) is 10.6 Å². The highest BCUT2D eigenvalue weighted by atomic mass is 16.5. The number of ether oxygens (including phenoxy) is 2. The predicted octanol–water partition coefficient (Wildman–Crippen LogP) is 4.27. The summed E-state index contributed by atoms with van der Waals surface area (Å²) < 4.78 is 10.7. The smallest absolute Gasteiger partial charge is 0.257 e. The Morgan fingerprint density at radius 2 is 1.68 bits per heavy atom. The zero-order valence-corrected chi connectivity index (χ0v) is 19.4. The normalized spacial score (nSPS) is 15.6. The van der Waals surface area contributed by atoms with E-state index in [0.717, 1.165) is 24.1 Å². The van der Waals surface area contributed by atoms with Crippen LogP contribution in [0.4, 0.5) is 11.4 Å². The number of amides is 2. The number of anilines is 2. The van der Waals surface area contributed by atoms with Gasteiger partial charge in [0.1, 0.15) is 5.75 Å². The molecule has 7 heteroatoms. The van der Waals surface area contributed by atoms with Gasteiger partial charge in [-0.3, -0.25) is 14.5 Å². The monoisotopic (exact) mass is 459 g/mol. The Hall–Kier alpha value is -3.68. The number of methoxy groups -OCH3 is 2. The second-order valence-corrected chi connectivity index (χ2v) is 8.24. The minimum atomic E-state index is -0.314. The maximum Gasteiger partial charge on any atom is 0.257 e. The molecule has 2 N–H and O–H groups in total. The summed E-state index contributed by atoms with van der Waals surface area (Å²) in [5.74, 6) is 0.0528. The first-order valence-corrected chi connectivity index (χ1v) is 11.3. The van der Waals surface area contributed by atoms with Crippen molar-refractivity contribution in [1.82, 2.24) is 4.90 Å². The molecule has 4 rings (SSSR count). The molecule has 2 amide bonds. The zero-order chi connectivity index (χ0) is 23.9. The molecule has 7 nitrogen and oxygen atoms in total. The Morgan fingerprint density at radius 1 is 0.941 bits per heavy atom. The van der Waals surface area contributed by atoms with Crippen molar-refractivity contribution in [2.75, 3.05) is 44.5 Å². The van der Waals surface area contributed by atoms with Gasteiger partial charge in [-0.1, -0.05) is 42.5 Å². The minimum absolute atomic E-state index is 0.152. The fraction of sp³-hybridized carbons (Fsp3) is 0.259. The van der Waals surface area contributed by atoms with Crippen LogP contribution in [0.15, 0.2) is 72.8 Å². The Bertz CT molecular complexity index is 1130. The van der Waals surface area contributed by atoms with Crippen LogP contribution in [0.3, 0.4) is 0 Å². The van der Waals surface area contributed by atoms with Gasteiger partial charge in [-0.25, -0.2) is 0 Å². The molecular weight excluding hydrogens is 430 g/mol. The third-order valence-corrected chi connectivity index (χ3v) is 5.93. The maximum absolute atomic E-state index is 13.1. The number of carbonyl (C=O) groups is 2. The van der Waals surface area contributed by atoms with Crippen molar-refractivity contribution < 1.29 is 19.1 Å². The van der Waals surface area contributed by atoms with Gasteiger partial charge in [0.25, 0.3) is 5.91 Å². The number of rotatable bonds is 8. The number of nitrogens with zero attached hydrogens (tertiary/aromatic N) is 1. The lowest BCUT2D eigenvalue weighted by molar-refractivity contribution is -0.117. The molecule has 1 heterocycles. The zero-order valence-electron chi connectivity index (χ0n) is 19.4. The average Bonchev–Trinajstić information content (AvgIpc) is 3.32. The lowest BCUT2D eigenvalue weighted by atomic mass is 10.1. The molecule has 0 radical (unpaired) electrons. The summed E-state index contributed by atoms with van der Waals surface area (Å²) in [6.45, 7) is 1.75. The summed E-state index contributed by atoms with van der Waals surface area (Å²) in [5, 5.41) is 5.80. The van der Waals surface area contributed by atoms with Crippen LogP contribution in [0.25, 0.3) is 11.1 Å². The third-order valence-electron chi connectivity index (χ3n) is 5.93. The highest BCUT2D eigenvalue weighted by Crippen LogP contribution is 2.25. The fourth-order valence-corrected chi connectivity index (χ4v) is 4.05. The van der Waals surface area contributed by atoms with Gasteiger partial charge in [0.05, 0.1) is 31.0 Å². The first-order valence-electron chi connectivity index (χ1n) is 11.3. The van der Waals surface area contributed by atoms with E-state index < -0.39 is 0 Å². The first kappa shape index (κ1) is 23.5. The van der Waals surface area contributed by atoms with Gasteiger partial charge in [-0.2, -0.15) is 0 Å². The van der Waals surface area contributed by atoms with Crippen molar-refractivity contribution in [2.45, 2.75) is 12.5 Å². The van der Waals surface area contributed by atoms with E-state index in [1.165, 1.54) is 0 Å². The van der Waals surface area contributed by atoms with E-state index in [-0.39, 0.29) is 24.5 Å². The Kier molecular flexibility index (Phi) is 7.57. The van der Waals surface area contributed by atoms with E-state index in [1.54, 1.807) is 32.4 Å². The van der Waals surface area contributed by atoms with Crippen LogP contribution in [-0.4, -0.2) is 56.7 Å². The van der Waals surface area contributed by atoms with Crippen LogP contribution in [0.2, 0.25) is 0 Å². The van der Waals surface area contributed by atoms with Crippen LogP contribution in [0.1, 0.15) is 16.8 Å². The topological polar surface area (TPSA) is 79.9 Å². The molecule has 1 unspecified atom stereocenters. The van der Waals surface area contributed by atoms with Crippen LogP contribution in [-0.2, 0) is 9.53 Å². The van der Waals surface area contributed by atoms with Gasteiger partial charge in [0.2, 0.25) is 5.91 Å². The van der Waals surface area contributed by atoms with Gasteiger partial charge < -0.3 is 20.1 Å². The number of likely N-dealkylation sites (tertiary alicyclic amines) is 1. The van der Waals surface area contributed by atoms with Crippen molar-refractivity contribution in [3.05, 3.63) is 78.4 Å². The van der Waals surface area contributed by atoms with Gasteiger partial charge >= 0.3 is 0 Å². The molecule has 0 aliphatic carbocycles. The summed E-state index contributed by atoms with van der Waals surface area (Å²) in [4.78, 5) is 27.8. The van der Waals surface area contributed by atoms with E-state index in [1.807, 2.05) is 59.5 Å². The highest BCUT2D eigenvalue weighted by molar-refractivity contribution is 6.10. The number of hydrogen-bond acceptors (Lipinski definition) is 5. The lowest BCUT2D eigenvalue weighted by Crippen LogP contribution is -2.33. The van der Waals surface area contributed by atoms with E-state index in [9.17, 15) is 9.59 Å². The summed E-state index contributed by atoms with van der Waals surface area (Å²) >= 11 is 0. The van der Waals surface area contributed by atoms with E-state index in [0.29, 0.717) is 29.2 Å². The van der Waals surface area contributed by atoms with Crippen LogP contribution in [0.5, 0.6) is 5.75 Å². The quantitative estimate of drug-likeness (QED) is 0.526. The molecule has 3 aromatic rings. The average molecular weight is 460 g/mol. The van der Waals surface area contributed by atoms with E-state index in [4.69, 9.17) is 9.47 Å². The summed E-state index contributed by atoms with van der Waals surface area (Å²) in [7, 11) is 3.23. The number of benzene rings is 3. The maximum atomic E-state index is 13.1. The summed E-state index contributed by atoms with van der Waals surface area (Å²) in [5.41, 5.74) is 3.60. The third kappa shape index (κ3) is 5.81. The predicted molar refractivity (Wildman–Crippen MR) is 133 cm³/mol. The Morgan fingerprint density at radius 3 is 2.35 bits per heavy atom. The molecule has 0 spiro atoms. The molecule has 3 aromatic carbocycles. The van der Waals surface area contributed by atoms with Gasteiger partial charge in [0, 0.05) is 32.0 Å². The second-order valence-electron chi connectivity index (χ2n) is 8.24. The largest absolute Gasteiger partial charge is 0.497 e. The summed E-state index contributed by atoms with van der Waals surface area (Å²) in [6.07, 6.45) is 1.05. The second kappa shape index (κ2) is 11.0. The molecule has 176 valence electrons. The van der Waals surface area contributed by atoms with Gasteiger partial charge in [0.15, 0.2) is 0 Å². The summed E-state index contributed by atoms with van der Waals surface area (Å²) in [6, 6.07) is 22.7. The van der Waals surface area contributed by atoms with Crippen LogP contribution in [0, 0.1) is 0 Å². The Labute approximate surface area is 199 Å². The van der Waals surface area contributed by atoms with Crippen molar-refractivity contribution in [3.8, 4) is 16.9 Å². The van der Waals surface area contributed by atoms with Crippen molar-refractivity contribution >= 4 is 23.2 Å². The standard InChI is InChI=1S/C27H29N3O4/c1-33-22-12-13-24(25(16-22)29-26(31)18-30-15-14-23(17-30)34-2)27(32)28-21-10-8-20(9-11-21)19-6-4-3-5-7-19/h3-13,16,23H,14-15,17-18H2,1-2H3,(H,28,32)(H,29,31). The molecular formula is C27H29N3O4. The first-order chi connectivity index (χ1) is 16.6. The molecule has 0 aromatic heterocycles. The van der Waals surface area contributed by atoms with Gasteiger partial charge in [-0.05, 0) is 41.8 Å². The van der Waals surface area contributed by atoms with Crippen molar-refractivity contribution in [1.29, 1.82) is 0 Å². The molecule has 0 saturated carbocycles. The van der Waals surface area contributed by atoms with Crippen LogP contribution < -0.4 is 15.4 Å². The van der Waals surface area contributed by atoms with Gasteiger partial charge in [-0.15, -0.1) is 0 Å². The molecule has 1 atom stereocenters. The molecule has 1 aliphatic heterocycles. The molecule has 1 aliphatic rings. The van der Waals surface area contributed by atoms with Crippen LogP contribution >= 0.6 is 0 Å². The number of carbonyl (C=O) groups excluding carboxylic acids is 2. The van der Waals surface area contributed by atoms with Crippen molar-refractivity contribution in [2.24, 2.45) is 0 Å². The lowest BCUT2D eigenvalue weighted by Gasteiger charge is -2.17. The molecule has 1 fully saturated rings. The highest BCUT2D eigenvalue weighted by Gasteiger charge is 2.24. The fourth-order valence-electron chi connectivity index (χ4n) is 4.05. The molecule has 34 heavy (non-hydrogen) atoms. The number of hydrogen-bond donors (Lipinski definition) is 2. The van der Waals surface area contributed by atoms with Crippen molar-refractivity contribution in [3.63, 3.8) is 0 Å². The number of nitrogens with one attached hydrogen (secondary N) is 2. The molecule has 0 bridgehead atoms. The molecule has 1 saturated heterocycles. The Balaban J connectivity index is 1.45. The minimum Gasteiger partial charge on any atom is -0.497 e. The van der Waals surface area contributed by atoms with E-state index >= 15 is 0 Å². The SMILES string of the molecule is COc1ccc(C(=O)Nc2ccc(-c3ccccc3)cc2)c(NC(=O)CN2CCC(OC)C2)c1.